The van der Waals surface area contributed by atoms with Gasteiger partial charge in [-0.15, -0.1) is 0 Å². The molecule has 3 rings (SSSR count). The first-order valence-corrected chi connectivity index (χ1v) is 9.05. The summed E-state index contributed by atoms with van der Waals surface area (Å²) in [5.74, 6) is 5.07. The van der Waals surface area contributed by atoms with Gasteiger partial charge in [-0.25, -0.2) is 4.39 Å². The molecule has 1 aliphatic heterocycles. The molecular formula is C21H18ClFN2O2. The number of nitrogens with zero attached hydrogens (tertiary/aromatic N) is 1. The Morgan fingerprint density at radius 3 is 2.67 bits per heavy atom. The number of carbonyl (C=O) groups is 2. The van der Waals surface area contributed by atoms with Crippen LogP contribution in [0.25, 0.3) is 0 Å². The van der Waals surface area contributed by atoms with Crippen LogP contribution in [0.5, 0.6) is 0 Å². The lowest BCUT2D eigenvalue weighted by Gasteiger charge is -2.26. The van der Waals surface area contributed by atoms with Crippen molar-refractivity contribution in [2.45, 2.75) is 19.3 Å². The lowest BCUT2D eigenvalue weighted by atomic mass is 10.1. The van der Waals surface area contributed by atoms with E-state index in [1.165, 1.54) is 12.1 Å². The van der Waals surface area contributed by atoms with Crippen LogP contribution in [0.15, 0.2) is 42.5 Å². The average molecular weight is 385 g/mol. The van der Waals surface area contributed by atoms with E-state index in [0.29, 0.717) is 6.42 Å². The summed E-state index contributed by atoms with van der Waals surface area (Å²) in [6.45, 7) is 0.890. The summed E-state index contributed by atoms with van der Waals surface area (Å²) < 4.78 is 13.0. The molecule has 0 aromatic heterocycles. The minimum atomic E-state index is -0.494. The Bertz CT molecular complexity index is 916. The summed E-state index contributed by atoms with van der Waals surface area (Å²) in [5, 5.41) is 2.68. The lowest BCUT2D eigenvalue weighted by Crippen LogP contribution is -2.35. The summed E-state index contributed by atoms with van der Waals surface area (Å²) in [7, 11) is 0. The van der Waals surface area contributed by atoms with Crippen LogP contribution in [0.4, 0.5) is 10.1 Å². The molecule has 1 aliphatic rings. The Morgan fingerprint density at radius 1 is 1.19 bits per heavy atom. The zero-order valence-corrected chi connectivity index (χ0v) is 15.4. The molecule has 4 nitrogen and oxygen atoms in total. The quantitative estimate of drug-likeness (QED) is 0.819. The van der Waals surface area contributed by atoms with Crippen LogP contribution in [-0.2, 0) is 4.79 Å². The second kappa shape index (κ2) is 8.70. The number of hydrogen-bond acceptors (Lipinski definition) is 2. The predicted molar refractivity (Wildman–Crippen MR) is 103 cm³/mol. The van der Waals surface area contributed by atoms with Crippen LogP contribution in [0.2, 0.25) is 5.02 Å². The van der Waals surface area contributed by atoms with Crippen molar-refractivity contribution in [2.24, 2.45) is 0 Å². The van der Waals surface area contributed by atoms with Gasteiger partial charge in [0, 0.05) is 24.2 Å². The van der Waals surface area contributed by atoms with Crippen LogP contribution in [0.3, 0.4) is 0 Å². The minimum Gasteiger partial charge on any atom is -0.341 e. The van der Waals surface area contributed by atoms with E-state index < -0.39 is 11.7 Å². The molecule has 0 aliphatic carbocycles. The van der Waals surface area contributed by atoms with E-state index in [-0.39, 0.29) is 23.0 Å². The van der Waals surface area contributed by atoms with Crippen molar-refractivity contribution in [1.82, 2.24) is 5.32 Å². The number of rotatable bonds is 3. The highest BCUT2D eigenvalue weighted by atomic mass is 35.5. The maximum absolute atomic E-state index is 13.0. The number of anilines is 1. The van der Waals surface area contributed by atoms with E-state index in [2.05, 4.69) is 17.2 Å². The van der Waals surface area contributed by atoms with E-state index >= 15 is 0 Å². The van der Waals surface area contributed by atoms with Crippen molar-refractivity contribution < 1.29 is 14.0 Å². The highest BCUT2D eigenvalue weighted by Gasteiger charge is 2.19. The third kappa shape index (κ3) is 4.87. The molecule has 2 aromatic rings. The molecule has 27 heavy (non-hydrogen) atoms. The first kappa shape index (κ1) is 18.9. The van der Waals surface area contributed by atoms with Gasteiger partial charge in [-0.05, 0) is 55.3 Å². The van der Waals surface area contributed by atoms with Crippen molar-refractivity contribution in [3.05, 3.63) is 64.4 Å². The second-order valence-corrected chi connectivity index (χ2v) is 6.57. The molecule has 1 saturated heterocycles. The number of piperidine rings is 1. The van der Waals surface area contributed by atoms with Crippen molar-refractivity contribution in [2.75, 3.05) is 18.0 Å². The van der Waals surface area contributed by atoms with Gasteiger partial charge in [-0.1, -0.05) is 23.4 Å². The molecule has 1 heterocycles. The van der Waals surface area contributed by atoms with Gasteiger partial charge in [0.15, 0.2) is 0 Å². The second-order valence-electron chi connectivity index (χ2n) is 6.16. The number of carbonyl (C=O) groups excluding carboxylic acids is 2. The highest BCUT2D eigenvalue weighted by Crippen LogP contribution is 2.21. The van der Waals surface area contributed by atoms with Gasteiger partial charge < -0.3 is 10.2 Å². The molecule has 2 aromatic carbocycles. The molecule has 1 fully saturated rings. The Morgan fingerprint density at radius 2 is 1.96 bits per heavy atom. The Balaban J connectivity index is 1.56. The standard InChI is InChI=1S/C21H18ClFN2O2/c22-19-14-16(23)8-11-18(19)21(27)24-12-3-4-15-6-9-17(10-7-15)25-13-2-1-5-20(25)26/h6-11,14H,1-2,5,12-13H2,(H,24,27). The zero-order valence-electron chi connectivity index (χ0n) is 14.6. The van der Waals surface area contributed by atoms with E-state index in [4.69, 9.17) is 11.6 Å². The fourth-order valence-electron chi connectivity index (χ4n) is 2.84. The van der Waals surface area contributed by atoms with Gasteiger partial charge in [-0.3, -0.25) is 9.59 Å². The van der Waals surface area contributed by atoms with Crippen molar-refractivity contribution in [1.29, 1.82) is 0 Å². The van der Waals surface area contributed by atoms with Gasteiger partial charge in [-0.2, -0.15) is 0 Å². The molecule has 6 heteroatoms. The minimum absolute atomic E-state index is 0.0586. The summed E-state index contributed by atoms with van der Waals surface area (Å²) >= 11 is 5.86. The fraction of sp³-hybridized carbons (Fsp3) is 0.238. The molecule has 1 N–H and O–H groups in total. The molecule has 2 amide bonds. The first-order chi connectivity index (χ1) is 13.0. The van der Waals surface area contributed by atoms with Crippen molar-refractivity contribution >= 4 is 29.1 Å². The topological polar surface area (TPSA) is 49.4 Å². The number of hydrogen-bond donors (Lipinski definition) is 1. The van der Waals surface area contributed by atoms with Crippen LogP contribution in [-0.4, -0.2) is 24.9 Å². The van der Waals surface area contributed by atoms with Crippen LogP contribution in [0, 0.1) is 17.7 Å². The van der Waals surface area contributed by atoms with Gasteiger partial charge in [0.1, 0.15) is 5.82 Å². The normalized spacial score (nSPS) is 13.7. The molecule has 138 valence electrons. The third-order valence-corrected chi connectivity index (χ3v) is 4.56. The van der Waals surface area contributed by atoms with E-state index in [1.807, 2.05) is 24.3 Å². The van der Waals surface area contributed by atoms with E-state index in [9.17, 15) is 14.0 Å². The molecule has 0 unspecified atom stereocenters. The van der Waals surface area contributed by atoms with E-state index in [1.54, 1.807) is 4.90 Å². The molecule has 0 spiro atoms. The smallest absolute Gasteiger partial charge is 0.253 e. The fourth-order valence-corrected chi connectivity index (χ4v) is 3.10. The summed E-state index contributed by atoms with van der Waals surface area (Å²) in [6, 6.07) is 11.1. The van der Waals surface area contributed by atoms with Crippen LogP contribution in [0.1, 0.15) is 35.2 Å². The zero-order chi connectivity index (χ0) is 19.2. The largest absolute Gasteiger partial charge is 0.341 e. The first-order valence-electron chi connectivity index (χ1n) is 8.67. The van der Waals surface area contributed by atoms with Gasteiger partial charge in [0.2, 0.25) is 5.91 Å². The molecule has 0 bridgehead atoms. The van der Waals surface area contributed by atoms with Gasteiger partial charge in [0.25, 0.3) is 5.91 Å². The maximum Gasteiger partial charge on any atom is 0.253 e. The van der Waals surface area contributed by atoms with Gasteiger partial charge >= 0.3 is 0 Å². The monoisotopic (exact) mass is 384 g/mol. The van der Waals surface area contributed by atoms with Crippen LogP contribution < -0.4 is 10.2 Å². The van der Waals surface area contributed by atoms with Crippen molar-refractivity contribution in [3.8, 4) is 11.8 Å². The number of halogens is 2. The lowest BCUT2D eigenvalue weighted by molar-refractivity contribution is -0.119. The van der Waals surface area contributed by atoms with Crippen molar-refractivity contribution in [3.63, 3.8) is 0 Å². The maximum atomic E-state index is 13.0. The number of nitrogens with one attached hydrogen (secondary N) is 1. The molecular weight excluding hydrogens is 367 g/mol. The Hall–Kier alpha value is -2.84. The SMILES string of the molecule is O=C(NCC#Cc1ccc(N2CCCCC2=O)cc1)c1ccc(F)cc1Cl. The summed E-state index contributed by atoms with van der Waals surface area (Å²) in [5.41, 5.74) is 1.87. The Kier molecular flexibility index (Phi) is 6.10. The number of benzene rings is 2. The van der Waals surface area contributed by atoms with Gasteiger partial charge in [0.05, 0.1) is 17.1 Å². The summed E-state index contributed by atoms with van der Waals surface area (Å²) in [6.07, 6.45) is 2.57. The van der Waals surface area contributed by atoms with E-state index in [0.717, 1.165) is 36.7 Å². The Labute approximate surface area is 162 Å². The third-order valence-electron chi connectivity index (χ3n) is 4.25. The molecule has 0 atom stereocenters. The molecule has 0 saturated carbocycles. The highest BCUT2D eigenvalue weighted by molar-refractivity contribution is 6.33. The average Bonchev–Trinajstić information content (AvgIpc) is 2.66. The predicted octanol–water partition coefficient (Wildman–Crippen LogP) is 3.78. The number of amides is 2. The van der Waals surface area contributed by atoms with Crippen LogP contribution >= 0.6 is 11.6 Å². The summed E-state index contributed by atoms with van der Waals surface area (Å²) in [4.78, 5) is 25.8. The molecule has 0 radical (unpaired) electrons.